The summed E-state index contributed by atoms with van der Waals surface area (Å²) in [5.41, 5.74) is 5.18. The minimum absolute atomic E-state index is 0.467. The summed E-state index contributed by atoms with van der Waals surface area (Å²) < 4.78 is 6.91. The topological polar surface area (TPSA) is 26.0 Å². The predicted octanol–water partition coefficient (Wildman–Crippen LogP) is 5.69. The Morgan fingerprint density at radius 1 is 1.15 bits per heavy atom. The van der Waals surface area contributed by atoms with Gasteiger partial charge in [-0.05, 0) is 58.1 Å². The van der Waals surface area contributed by atoms with Crippen molar-refractivity contribution in [1.29, 1.82) is 0 Å². The van der Waals surface area contributed by atoms with Crippen LogP contribution in [0.1, 0.15) is 30.9 Å². The summed E-state index contributed by atoms with van der Waals surface area (Å²) in [7, 11) is 0. The van der Waals surface area contributed by atoms with Crippen LogP contribution in [-0.2, 0) is 0 Å². The fourth-order valence-corrected chi connectivity index (χ4v) is 2.82. The number of hydrogen-bond acceptors (Lipinski definition) is 2. The number of rotatable bonds is 2. The largest absolute Gasteiger partial charge is 0.435 e. The molecule has 0 unspecified atom stereocenters. The molecule has 3 heteroatoms. The maximum absolute atomic E-state index is 5.94. The smallest absolute Gasteiger partial charge is 0.227 e. The van der Waals surface area contributed by atoms with Crippen LogP contribution in [-0.4, -0.2) is 4.98 Å². The summed E-state index contributed by atoms with van der Waals surface area (Å²) in [6, 6.07) is 12.4. The molecule has 0 aliphatic heterocycles. The van der Waals surface area contributed by atoms with Gasteiger partial charge in [0.05, 0.1) is 4.47 Å². The number of fused-ring (bicyclic) bond motifs is 1. The molecule has 0 radical (unpaired) electrons. The molecule has 20 heavy (non-hydrogen) atoms. The molecule has 0 aliphatic carbocycles. The summed E-state index contributed by atoms with van der Waals surface area (Å²) in [6.07, 6.45) is 0. The van der Waals surface area contributed by atoms with Crippen molar-refractivity contribution >= 4 is 27.0 Å². The van der Waals surface area contributed by atoms with Gasteiger partial charge in [-0.25, -0.2) is 4.98 Å². The fourth-order valence-electron chi connectivity index (χ4n) is 2.27. The fraction of sp³-hybridized carbons (Fsp3) is 0.235. The van der Waals surface area contributed by atoms with Gasteiger partial charge in [0, 0.05) is 5.56 Å². The van der Waals surface area contributed by atoms with E-state index in [4.69, 9.17) is 4.42 Å². The second kappa shape index (κ2) is 5.06. The molecule has 0 spiro atoms. The Morgan fingerprint density at radius 3 is 2.60 bits per heavy atom. The average molecular weight is 330 g/mol. The normalized spacial score (nSPS) is 11.4. The van der Waals surface area contributed by atoms with E-state index < -0.39 is 0 Å². The van der Waals surface area contributed by atoms with Crippen LogP contribution in [0.15, 0.2) is 45.3 Å². The van der Waals surface area contributed by atoms with Crippen LogP contribution in [0.3, 0.4) is 0 Å². The summed E-state index contributed by atoms with van der Waals surface area (Å²) in [5.74, 6) is 1.15. The summed E-state index contributed by atoms with van der Waals surface area (Å²) in [5, 5.41) is 0. The zero-order chi connectivity index (χ0) is 14.3. The molecule has 0 bridgehead atoms. The zero-order valence-electron chi connectivity index (χ0n) is 11.8. The highest BCUT2D eigenvalue weighted by molar-refractivity contribution is 9.10. The number of aromatic nitrogens is 1. The maximum atomic E-state index is 5.94. The number of nitrogens with zero attached hydrogens (tertiary/aromatic N) is 1. The SMILES string of the molecule is Cc1ccccc1-c1nc2cc(C(C)C)cc(Br)c2o1. The van der Waals surface area contributed by atoms with Gasteiger partial charge in [0.2, 0.25) is 5.89 Å². The van der Waals surface area contributed by atoms with Crippen LogP contribution in [0, 0.1) is 6.92 Å². The monoisotopic (exact) mass is 329 g/mol. The lowest BCUT2D eigenvalue weighted by Crippen LogP contribution is -1.87. The first-order chi connectivity index (χ1) is 9.56. The molecular weight excluding hydrogens is 314 g/mol. The average Bonchev–Trinajstić information content (AvgIpc) is 2.83. The van der Waals surface area contributed by atoms with Gasteiger partial charge in [-0.1, -0.05) is 32.0 Å². The first-order valence-corrected chi connectivity index (χ1v) is 7.51. The van der Waals surface area contributed by atoms with E-state index in [1.807, 2.05) is 18.2 Å². The van der Waals surface area contributed by atoms with Crippen molar-refractivity contribution in [2.24, 2.45) is 0 Å². The van der Waals surface area contributed by atoms with Crippen LogP contribution < -0.4 is 0 Å². The zero-order valence-corrected chi connectivity index (χ0v) is 13.4. The van der Waals surface area contributed by atoms with E-state index in [-0.39, 0.29) is 0 Å². The second-order valence-corrected chi connectivity index (χ2v) is 6.19. The molecule has 2 nitrogen and oxygen atoms in total. The molecule has 0 N–H and O–H groups in total. The maximum Gasteiger partial charge on any atom is 0.227 e. The third-order valence-electron chi connectivity index (χ3n) is 3.51. The van der Waals surface area contributed by atoms with Gasteiger partial charge in [0.1, 0.15) is 5.52 Å². The molecule has 2 aromatic carbocycles. The highest BCUT2D eigenvalue weighted by atomic mass is 79.9. The minimum Gasteiger partial charge on any atom is -0.435 e. The van der Waals surface area contributed by atoms with Crippen molar-refractivity contribution in [3.05, 3.63) is 52.0 Å². The van der Waals surface area contributed by atoms with E-state index in [0.29, 0.717) is 11.8 Å². The molecule has 0 saturated carbocycles. The quantitative estimate of drug-likeness (QED) is 0.603. The third-order valence-corrected chi connectivity index (χ3v) is 4.10. The summed E-state index contributed by atoms with van der Waals surface area (Å²) in [4.78, 5) is 4.65. The number of hydrogen-bond donors (Lipinski definition) is 0. The van der Waals surface area contributed by atoms with Gasteiger partial charge in [-0.2, -0.15) is 0 Å². The molecule has 3 rings (SSSR count). The Bertz CT molecular complexity index is 774. The molecule has 0 aliphatic rings. The van der Waals surface area contributed by atoms with Crippen molar-refractivity contribution < 1.29 is 4.42 Å². The number of benzene rings is 2. The van der Waals surface area contributed by atoms with Crippen molar-refractivity contribution in [3.63, 3.8) is 0 Å². The Balaban J connectivity index is 2.21. The van der Waals surface area contributed by atoms with Gasteiger partial charge in [-0.3, -0.25) is 0 Å². The first-order valence-electron chi connectivity index (χ1n) is 6.72. The lowest BCUT2D eigenvalue weighted by Gasteiger charge is -2.04. The Kier molecular flexibility index (Phi) is 3.38. The predicted molar refractivity (Wildman–Crippen MR) is 86.0 cm³/mol. The Hall–Kier alpha value is -1.61. The van der Waals surface area contributed by atoms with Crippen LogP contribution in [0.5, 0.6) is 0 Å². The third kappa shape index (κ3) is 2.27. The molecule has 0 atom stereocenters. The molecule has 1 heterocycles. The second-order valence-electron chi connectivity index (χ2n) is 5.34. The molecule has 3 aromatic rings. The highest BCUT2D eigenvalue weighted by Gasteiger charge is 2.14. The van der Waals surface area contributed by atoms with E-state index in [1.165, 1.54) is 11.1 Å². The van der Waals surface area contributed by atoms with E-state index in [2.05, 4.69) is 59.9 Å². The molecular formula is C17H16BrNO. The van der Waals surface area contributed by atoms with E-state index in [1.54, 1.807) is 0 Å². The number of halogens is 1. The van der Waals surface area contributed by atoms with Crippen LogP contribution in [0.25, 0.3) is 22.6 Å². The van der Waals surface area contributed by atoms with Crippen molar-refractivity contribution in [2.75, 3.05) is 0 Å². The lowest BCUT2D eigenvalue weighted by atomic mass is 10.0. The Labute approximate surface area is 127 Å². The van der Waals surface area contributed by atoms with E-state index >= 15 is 0 Å². The lowest BCUT2D eigenvalue weighted by molar-refractivity contribution is 0.617. The minimum atomic E-state index is 0.467. The van der Waals surface area contributed by atoms with Gasteiger partial charge >= 0.3 is 0 Å². The number of oxazole rings is 1. The van der Waals surface area contributed by atoms with Crippen molar-refractivity contribution in [2.45, 2.75) is 26.7 Å². The van der Waals surface area contributed by atoms with Crippen molar-refractivity contribution in [1.82, 2.24) is 4.98 Å². The van der Waals surface area contributed by atoms with Crippen LogP contribution in [0.2, 0.25) is 0 Å². The number of aryl methyl sites for hydroxylation is 1. The molecule has 102 valence electrons. The van der Waals surface area contributed by atoms with Gasteiger partial charge in [-0.15, -0.1) is 0 Å². The molecule has 1 aromatic heterocycles. The highest BCUT2D eigenvalue weighted by Crippen LogP contribution is 2.33. The summed E-state index contributed by atoms with van der Waals surface area (Å²) >= 11 is 3.59. The first kappa shape index (κ1) is 13.4. The molecule has 0 fully saturated rings. The molecule has 0 saturated heterocycles. The van der Waals surface area contributed by atoms with Gasteiger partial charge in [0.15, 0.2) is 5.58 Å². The Morgan fingerprint density at radius 2 is 1.90 bits per heavy atom. The van der Waals surface area contributed by atoms with Gasteiger partial charge < -0.3 is 4.42 Å². The standard InChI is InChI=1S/C17H16BrNO/c1-10(2)12-8-14(18)16-15(9-12)19-17(20-16)13-7-5-4-6-11(13)3/h4-10H,1-3H3. The van der Waals surface area contributed by atoms with Crippen molar-refractivity contribution in [3.8, 4) is 11.5 Å². The molecule has 0 amide bonds. The van der Waals surface area contributed by atoms with Crippen LogP contribution >= 0.6 is 15.9 Å². The summed E-state index contributed by atoms with van der Waals surface area (Å²) in [6.45, 7) is 6.42. The van der Waals surface area contributed by atoms with E-state index in [9.17, 15) is 0 Å². The van der Waals surface area contributed by atoms with E-state index in [0.717, 1.165) is 21.1 Å². The van der Waals surface area contributed by atoms with Gasteiger partial charge in [0.25, 0.3) is 0 Å². The van der Waals surface area contributed by atoms with Crippen LogP contribution in [0.4, 0.5) is 0 Å².